The average Bonchev–Trinajstić information content (AvgIpc) is 2.38. The number of benzene rings is 1. The zero-order valence-electron chi connectivity index (χ0n) is 12.7. The molecule has 0 saturated heterocycles. The maximum absolute atomic E-state index is 5.78. The van der Waals surface area contributed by atoms with E-state index < -0.39 is 0 Å². The summed E-state index contributed by atoms with van der Waals surface area (Å²) in [7, 11) is 0. The van der Waals surface area contributed by atoms with E-state index in [0.717, 1.165) is 37.8 Å². The summed E-state index contributed by atoms with van der Waals surface area (Å²) in [5.41, 5.74) is 1.22. The molecule has 0 bridgehead atoms. The summed E-state index contributed by atoms with van der Waals surface area (Å²) in [6, 6.07) is 8.22. The van der Waals surface area contributed by atoms with Gasteiger partial charge in [-0.3, -0.25) is 0 Å². The lowest BCUT2D eigenvalue weighted by atomic mass is 10.2. The molecule has 1 aromatic rings. The Kier molecular flexibility index (Phi) is 8.31. The molecule has 0 spiro atoms. The minimum absolute atomic E-state index is 0.752. The summed E-state index contributed by atoms with van der Waals surface area (Å²) in [4.78, 5) is 0. The van der Waals surface area contributed by atoms with E-state index in [1.807, 2.05) is 18.2 Å². The zero-order valence-corrected chi connectivity index (χ0v) is 12.7. The Labute approximate surface area is 118 Å². The number of hydrogen-bond donors (Lipinski definition) is 1. The molecule has 0 atom stereocenters. The molecule has 1 rings (SSSR count). The molecule has 108 valence electrons. The number of aryl methyl sites for hydroxylation is 1. The summed E-state index contributed by atoms with van der Waals surface area (Å²) in [5.74, 6) is 1.78. The van der Waals surface area contributed by atoms with Crippen LogP contribution in [0.1, 0.15) is 45.1 Å². The van der Waals surface area contributed by atoms with Crippen LogP contribution < -0.4 is 10.1 Å². The molecule has 0 heterocycles. The van der Waals surface area contributed by atoms with Crippen LogP contribution in [0, 0.1) is 12.8 Å². The first kappa shape index (κ1) is 16.0. The number of nitrogens with one attached hydrogen (secondary N) is 1. The molecule has 0 radical (unpaired) electrons. The standard InChI is InChI=1S/C17H29NO/c1-15(2)14-18-12-8-4-5-9-13-19-17-11-7-6-10-16(17)3/h6-7,10-11,15,18H,4-5,8-9,12-14H2,1-3H3. The van der Waals surface area contributed by atoms with E-state index >= 15 is 0 Å². The molecule has 0 aromatic heterocycles. The number of ether oxygens (including phenoxy) is 1. The van der Waals surface area contributed by atoms with Gasteiger partial charge in [0.15, 0.2) is 0 Å². The van der Waals surface area contributed by atoms with E-state index in [-0.39, 0.29) is 0 Å². The Balaban J connectivity index is 1.93. The van der Waals surface area contributed by atoms with Crippen molar-refractivity contribution in [2.24, 2.45) is 5.92 Å². The summed E-state index contributed by atoms with van der Waals surface area (Å²) in [6.07, 6.45) is 4.98. The smallest absolute Gasteiger partial charge is 0.122 e. The van der Waals surface area contributed by atoms with Gasteiger partial charge in [0, 0.05) is 0 Å². The fourth-order valence-corrected chi connectivity index (χ4v) is 2.00. The second-order valence-electron chi connectivity index (χ2n) is 5.63. The molecule has 0 aliphatic heterocycles. The quantitative estimate of drug-likeness (QED) is 0.639. The van der Waals surface area contributed by atoms with Crippen molar-refractivity contribution >= 4 is 0 Å². The molecular formula is C17H29NO. The molecule has 1 N–H and O–H groups in total. The summed E-state index contributed by atoms with van der Waals surface area (Å²) in [6.45, 7) is 9.71. The lowest BCUT2D eigenvalue weighted by Gasteiger charge is -2.09. The lowest BCUT2D eigenvalue weighted by Crippen LogP contribution is -2.20. The predicted octanol–water partition coefficient (Wildman–Crippen LogP) is 4.18. The van der Waals surface area contributed by atoms with E-state index in [1.54, 1.807) is 0 Å². The SMILES string of the molecule is Cc1ccccc1OCCCCCCNCC(C)C. The molecule has 0 fully saturated rings. The normalized spacial score (nSPS) is 10.9. The fourth-order valence-electron chi connectivity index (χ4n) is 2.00. The van der Waals surface area contributed by atoms with Gasteiger partial charge < -0.3 is 10.1 Å². The second kappa shape index (κ2) is 9.85. The molecule has 19 heavy (non-hydrogen) atoms. The third-order valence-corrected chi connectivity index (χ3v) is 3.15. The zero-order chi connectivity index (χ0) is 13.9. The topological polar surface area (TPSA) is 21.3 Å². The van der Waals surface area contributed by atoms with Gasteiger partial charge in [0.1, 0.15) is 5.75 Å². The lowest BCUT2D eigenvalue weighted by molar-refractivity contribution is 0.302. The van der Waals surface area contributed by atoms with Crippen LogP contribution in [0.2, 0.25) is 0 Å². The van der Waals surface area contributed by atoms with Crippen molar-refractivity contribution in [3.05, 3.63) is 29.8 Å². The van der Waals surface area contributed by atoms with Gasteiger partial charge in [-0.05, 0) is 50.4 Å². The molecule has 0 aliphatic carbocycles. The van der Waals surface area contributed by atoms with Crippen LogP contribution in [0.5, 0.6) is 5.75 Å². The van der Waals surface area contributed by atoms with E-state index in [2.05, 4.69) is 32.2 Å². The largest absolute Gasteiger partial charge is 0.493 e. The maximum Gasteiger partial charge on any atom is 0.122 e. The first-order valence-corrected chi connectivity index (χ1v) is 7.59. The molecule has 0 amide bonds. The number of unbranched alkanes of at least 4 members (excludes halogenated alkanes) is 3. The van der Waals surface area contributed by atoms with Gasteiger partial charge in [0.25, 0.3) is 0 Å². The van der Waals surface area contributed by atoms with Crippen LogP contribution >= 0.6 is 0 Å². The van der Waals surface area contributed by atoms with Crippen molar-refractivity contribution in [1.82, 2.24) is 5.32 Å². The Bertz CT molecular complexity index is 336. The Morgan fingerprint density at radius 1 is 1.05 bits per heavy atom. The molecule has 0 unspecified atom stereocenters. The summed E-state index contributed by atoms with van der Waals surface area (Å²) in [5, 5.41) is 3.48. The third kappa shape index (κ3) is 7.89. The number of rotatable bonds is 10. The Morgan fingerprint density at radius 3 is 2.53 bits per heavy atom. The van der Waals surface area contributed by atoms with E-state index in [9.17, 15) is 0 Å². The molecule has 0 saturated carbocycles. The minimum Gasteiger partial charge on any atom is -0.493 e. The second-order valence-corrected chi connectivity index (χ2v) is 5.63. The van der Waals surface area contributed by atoms with Crippen molar-refractivity contribution in [2.45, 2.75) is 46.5 Å². The van der Waals surface area contributed by atoms with Gasteiger partial charge in [0.05, 0.1) is 6.61 Å². The third-order valence-electron chi connectivity index (χ3n) is 3.15. The first-order valence-electron chi connectivity index (χ1n) is 7.59. The van der Waals surface area contributed by atoms with Gasteiger partial charge in [0.2, 0.25) is 0 Å². The molecule has 0 aliphatic rings. The van der Waals surface area contributed by atoms with Crippen LogP contribution in [0.4, 0.5) is 0 Å². The maximum atomic E-state index is 5.78. The fraction of sp³-hybridized carbons (Fsp3) is 0.647. The molecular weight excluding hydrogens is 234 g/mol. The van der Waals surface area contributed by atoms with Crippen molar-refractivity contribution < 1.29 is 4.74 Å². The molecule has 2 nitrogen and oxygen atoms in total. The highest BCUT2D eigenvalue weighted by Crippen LogP contribution is 2.16. The highest BCUT2D eigenvalue weighted by molar-refractivity contribution is 5.31. The number of para-hydroxylation sites is 1. The van der Waals surface area contributed by atoms with Crippen molar-refractivity contribution in [3.8, 4) is 5.75 Å². The van der Waals surface area contributed by atoms with Crippen LogP contribution in [0.25, 0.3) is 0 Å². The van der Waals surface area contributed by atoms with E-state index in [0.29, 0.717) is 0 Å². The van der Waals surface area contributed by atoms with Gasteiger partial charge >= 0.3 is 0 Å². The van der Waals surface area contributed by atoms with Crippen molar-refractivity contribution in [2.75, 3.05) is 19.7 Å². The van der Waals surface area contributed by atoms with Gasteiger partial charge in [-0.25, -0.2) is 0 Å². The van der Waals surface area contributed by atoms with Crippen molar-refractivity contribution in [1.29, 1.82) is 0 Å². The van der Waals surface area contributed by atoms with Crippen LogP contribution in [0.3, 0.4) is 0 Å². The van der Waals surface area contributed by atoms with Crippen molar-refractivity contribution in [3.63, 3.8) is 0 Å². The van der Waals surface area contributed by atoms with Crippen LogP contribution in [0.15, 0.2) is 24.3 Å². The first-order chi connectivity index (χ1) is 9.20. The van der Waals surface area contributed by atoms with E-state index in [1.165, 1.54) is 24.8 Å². The number of hydrogen-bond acceptors (Lipinski definition) is 2. The molecule has 1 aromatic carbocycles. The predicted molar refractivity (Wildman–Crippen MR) is 82.8 cm³/mol. The Hall–Kier alpha value is -1.02. The monoisotopic (exact) mass is 263 g/mol. The average molecular weight is 263 g/mol. The van der Waals surface area contributed by atoms with Crippen LogP contribution in [-0.2, 0) is 0 Å². The highest BCUT2D eigenvalue weighted by Gasteiger charge is 1.97. The Morgan fingerprint density at radius 2 is 1.79 bits per heavy atom. The molecule has 2 heteroatoms. The van der Waals surface area contributed by atoms with Crippen LogP contribution in [-0.4, -0.2) is 19.7 Å². The highest BCUT2D eigenvalue weighted by atomic mass is 16.5. The summed E-state index contributed by atoms with van der Waals surface area (Å²) < 4.78 is 5.78. The summed E-state index contributed by atoms with van der Waals surface area (Å²) >= 11 is 0. The minimum atomic E-state index is 0.752. The van der Waals surface area contributed by atoms with Gasteiger partial charge in [-0.2, -0.15) is 0 Å². The van der Waals surface area contributed by atoms with E-state index in [4.69, 9.17) is 4.74 Å². The van der Waals surface area contributed by atoms with Gasteiger partial charge in [-0.15, -0.1) is 0 Å². The van der Waals surface area contributed by atoms with Gasteiger partial charge in [-0.1, -0.05) is 44.9 Å².